The predicted molar refractivity (Wildman–Crippen MR) is 55.6 cm³/mol. The molecule has 5 heteroatoms. The fourth-order valence-electron chi connectivity index (χ4n) is 1.97. The van der Waals surface area contributed by atoms with Crippen molar-refractivity contribution < 1.29 is 14.7 Å². The lowest BCUT2D eigenvalue weighted by Crippen LogP contribution is -2.34. The minimum Gasteiger partial charge on any atom is -0.465 e. The first-order chi connectivity index (χ1) is 6.91. The molecule has 0 aromatic heterocycles. The molecule has 5 nitrogen and oxygen atoms in total. The molecule has 86 valence electrons. The molecule has 0 radical (unpaired) electrons. The van der Waals surface area contributed by atoms with E-state index in [1.54, 1.807) is 0 Å². The van der Waals surface area contributed by atoms with Crippen LogP contribution in [0.2, 0.25) is 0 Å². The zero-order chi connectivity index (χ0) is 11.5. The number of nitrogens with one attached hydrogen (secondary N) is 2. The molecule has 3 N–H and O–H groups in total. The number of carboxylic acid groups (broad SMARTS) is 1. The number of amides is 2. The Morgan fingerprint density at radius 3 is 2.80 bits per heavy atom. The van der Waals surface area contributed by atoms with E-state index in [-0.39, 0.29) is 17.4 Å². The molecule has 0 bridgehead atoms. The van der Waals surface area contributed by atoms with E-state index in [1.807, 2.05) is 13.8 Å². The van der Waals surface area contributed by atoms with Crippen LogP contribution in [0.25, 0.3) is 0 Å². The highest BCUT2D eigenvalue weighted by Crippen LogP contribution is 2.27. The summed E-state index contributed by atoms with van der Waals surface area (Å²) in [6, 6.07) is 0. The molecule has 0 aliphatic carbocycles. The third-order valence-electron chi connectivity index (χ3n) is 2.59. The molecule has 0 aromatic carbocycles. The van der Waals surface area contributed by atoms with E-state index in [0.717, 1.165) is 12.8 Å². The van der Waals surface area contributed by atoms with E-state index < -0.39 is 6.09 Å². The number of hydrogen-bond donors (Lipinski definition) is 3. The van der Waals surface area contributed by atoms with Crippen LogP contribution < -0.4 is 10.6 Å². The molecule has 1 atom stereocenters. The highest BCUT2D eigenvalue weighted by molar-refractivity contribution is 5.81. The summed E-state index contributed by atoms with van der Waals surface area (Å²) in [6.07, 6.45) is 1.28. The Hall–Kier alpha value is -1.26. The van der Waals surface area contributed by atoms with Gasteiger partial charge in [0.15, 0.2) is 0 Å². The van der Waals surface area contributed by atoms with E-state index in [1.165, 1.54) is 0 Å². The van der Waals surface area contributed by atoms with Gasteiger partial charge in [-0.15, -0.1) is 0 Å². The quantitative estimate of drug-likeness (QED) is 0.610. The topological polar surface area (TPSA) is 78.4 Å². The Morgan fingerprint density at radius 1 is 1.67 bits per heavy atom. The third-order valence-corrected chi connectivity index (χ3v) is 2.59. The molecule has 0 unspecified atom stereocenters. The van der Waals surface area contributed by atoms with Gasteiger partial charge in [-0.05, 0) is 33.1 Å². The highest BCUT2D eigenvalue weighted by atomic mass is 16.4. The fourth-order valence-corrected chi connectivity index (χ4v) is 1.97. The van der Waals surface area contributed by atoms with Gasteiger partial charge in [-0.25, -0.2) is 4.79 Å². The van der Waals surface area contributed by atoms with Gasteiger partial charge in [0.1, 0.15) is 0 Å². The average Bonchev–Trinajstić information content (AvgIpc) is 2.33. The highest BCUT2D eigenvalue weighted by Gasteiger charge is 2.36. The van der Waals surface area contributed by atoms with Crippen LogP contribution in [0.5, 0.6) is 0 Å². The maximum Gasteiger partial charge on any atom is 0.404 e. The standard InChI is InChI=1S/C10H18N2O3/c1-10(2)6-7(8(13)12-10)4-3-5-11-9(14)15/h7,11H,3-6H2,1-2H3,(H,12,13)(H,14,15)/t7-/m0/s1. The second-order valence-electron chi connectivity index (χ2n) is 4.65. The number of carbonyl (C=O) groups excluding carboxylic acids is 1. The lowest BCUT2D eigenvalue weighted by molar-refractivity contribution is -0.123. The van der Waals surface area contributed by atoms with E-state index in [0.29, 0.717) is 13.0 Å². The van der Waals surface area contributed by atoms with Crippen molar-refractivity contribution in [3.05, 3.63) is 0 Å². The van der Waals surface area contributed by atoms with Crippen LogP contribution in [0.15, 0.2) is 0 Å². The van der Waals surface area contributed by atoms with Gasteiger partial charge in [0.05, 0.1) is 0 Å². The van der Waals surface area contributed by atoms with Gasteiger partial charge in [-0.2, -0.15) is 0 Å². The molecule has 1 saturated heterocycles. The molecule has 1 fully saturated rings. The lowest BCUT2D eigenvalue weighted by atomic mass is 9.93. The molecule has 2 amide bonds. The second-order valence-corrected chi connectivity index (χ2v) is 4.65. The van der Waals surface area contributed by atoms with Gasteiger partial charge in [-0.3, -0.25) is 4.79 Å². The molecular weight excluding hydrogens is 196 g/mol. The van der Waals surface area contributed by atoms with E-state index in [2.05, 4.69) is 10.6 Å². The van der Waals surface area contributed by atoms with Crippen molar-refractivity contribution in [3.8, 4) is 0 Å². The van der Waals surface area contributed by atoms with Gasteiger partial charge in [0, 0.05) is 18.0 Å². The van der Waals surface area contributed by atoms with Crippen LogP contribution >= 0.6 is 0 Å². The largest absolute Gasteiger partial charge is 0.465 e. The Balaban J connectivity index is 2.22. The molecule has 1 rings (SSSR count). The zero-order valence-corrected chi connectivity index (χ0v) is 9.17. The van der Waals surface area contributed by atoms with E-state index >= 15 is 0 Å². The van der Waals surface area contributed by atoms with Crippen molar-refractivity contribution in [2.75, 3.05) is 6.54 Å². The van der Waals surface area contributed by atoms with Crippen LogP contribution in [0.4, 0.5) is 4.79 Å². The first-order valence-electron chi connectivity index (χ1n) is 5.19. The van der Waals surface area contributed by atoms with Gasteiger partial charge < -0.3 is 15.7 Å². The number of hydrogen-bond acceptors (Lipinski definition) is 2. The van der Waals surface area contributed by atoms with Gasteiger partial charge in [-0.1, -0.05) is 0 Å². The SMILES string of the molecule is CC1(C)C[C@H](CCCNC(=O)O)C(=O)N1. The van der Waals surface area contributed by atoms with Crippen molar-refractivity contribution in [1.82, 2.24) is 10.6 Å². The Kier molecular flexibility index (Phi) is 3.55. The van der Waals surface area contributed by atoms with Crippen LogP contribution in [-0.4, -0.2) is 29.2 Å². The fraction of sp³-hybridized carbons (Fsp3) is 0.800. The third kappa shape index (κ3) is 3.77. The molecule has 0 aromatic rings. The average molecular weight is 214 g/mol. The van der Waals surface area contributed by atoms with E-state index in [4.69, 9.17) is 5.11 Å². The molecule has 0 saturated carbocycles. The summed E-state index contributed by atoms with van der Waals surface area (Å²) in [5.74, 6) is 0.130. The van der Waals surface area contributed by atoms with Crippen molar-refractivity contribution in [2.24, 2.45) is 5.92 Å². The van der Waals surface area contributed by atoms with Crippen molar-refractivity contribution >= 4 is 12.0 Å². The maximum atomic E-state index is 11.5. The minimum atomic E-state index is -1.01. The van der Waals surface area contributed by atoms with Crippen LogP contribution in [0.3, 0.4) is 0 Å². The summed E-state index contributed by atoms with van der Waals surface area (Å²) in [6.45, 7) is 4.42. The number of rotatable bonds is 4. The summed E-state index contributed by atoms with van der Waals surface area (Å²) in [7, 11) is 0. The normalized spacial score (nSPS) is 23.6. The van der Waals surface area contributed by atoms with Crippen LogP contribution in [0, 0.1) is 5.92 Å². The molecule has 0 spiro atoms. The first-order valence-corrected chi connectivity index (χ1v) is 5.19. The Bertz CT molecular complexity index is 263. The minimum absolute atomic E-state index is 0.0376. The van der Waals surface area contributed by atoms with Crippen molar-refractivity contribution in [1.29, 1.82) is 0 Å². The second kappa shape index (κ2) is 4.51. The molecule has 1 aliphatic rings. The van der Waals surface area contributed by atoms with Gasteiger partial charge in [0.2, 0.25) is 5.91 Å². The molecular formula is C10H18N2O3. The van der Waals surface area contributed by atoms with Gasteiger partial charge in [0.25, 0.3) is 0 Å². The monoisotopic (exact) mass is 214 g/mol. The molecule has 1 aliphatic heterocycles. The van der Waals surface area contributed by atoms with E-state index in [9.17, 15) is 9.59 Å². The predicted octanol–water partition coefficient (Wildman–Crippen LogP) is 0.949. The maximum absolute atomic E-state index is 11.5. The van der Waals surface area contributed by atoms with Crippen LogP contribution in [-0.2, 0) is 4.79 Å². The summed E-state index contributed by atoms with van der Waals surface area (Å²) in [5, 5.41) is 13.6. The Labute approximate surface area is 89.2 Å². The van der Waals surface area contributed by atoms with Gasteiger partial charge >= 0.3 is 6.09 Å². The Morgan fingerprint density at radius 2 is 2.33 bits per heavy atom. The zero-order valence-electron chi connectivity index (χ0n) is 9.17. The molecule has 15 heavy (non-hydrogen) atoms. The molecule has 1 heterocycles. The lowest BCUT2D eigenvalue weighted by Gasteiger charge is -2.16. The smallest absolute Gasteiger partial charge is 0.404 e. The summed E-state index contributed by atoms with van der Waals surface area (Å²) >= 11 is 0. The summed E-state index contributed by atoms with van der Waals surface area (Å²) in [5.41, 5.74) is -0.109. The summed E-state index contributed by atoms with van der Waals surface area (Å²) in [4.78, 5) is 21.6. The van der Waals surface area contributed by atoms with Crippen LogP contribution in [0.1, 0.15) is 33.1 Å². The van der Waals surface area contributed by atoms with Crippen molar-refractivity contribution in [2.45, 2.75) is 38.6 Å². The summed E-state index contributed by atoms with van der Waals surface area (Å²) < 4.78 is 0. The van der Waals surface area contributed by atoms with Crippen molar-refractivity contribution in [3.63, 3.8) is 0 Å². The number of carbonyl (C=O) groups is 2. The first kappa shape index (κ1) is 11.8.